The summed E-state index contributed by atoms with van der Waals surface area (Å²) in [6.07, 6.45) is 4.15. The first-order valence-corrected chi connectivity index (χ1v) is 5.35. The summed E-state index contributed by atoms with van der Waals surface area (Å²) < 4.78 is 5.52. The Morgan fingerprint density at radius 2 is 2.46 bits per heavy atom. The van der Waals surface area contributed by atoms with Crippen LogP contribution in [0.4, 0.5) is 0 Å². The van der Waals surface area contributed by atoms with Crippen molar-refractivity contribution in [2.75, 3.05) is 26.2 Å². The Kier molecular flexibility index (Phi) is 5.35. The second-order valence-electron chi connectivity index (χ2n) is 3.97. The highest BCUT2D eigenvalue weighted by atomic mass is 16.5. The van der Waals surface area contributed by atoms with Gasteiger partial charge in [-0.15, -0.1) is 0 Å². The fourth-order valence-corrected chi connectivity index (χ4v) is 1.57. The molecule has 1 heterocycles. The summed E-state index contributed by atoms with van der Waals surface area (Å²) in [6.45, 7) is 5.99. The van der Waals surface area contributed by atoms with Crippen LogP contribution in [0.25, 0.3) is 0 Å². The Hall–Kier alpha value is -0.120. The van der Waals surface area contributed by atoms with Crippen LogP contribution >= 0.6 is 0 Å². The van der Waals surface area contributed by atoms with Crippen molar-refractivity contribution in [3.05, 3.63) is 0 Å². The molecule has 1 aliphatic rings. The lowest BCUT2D eigenvalue weighted by Crippen LogP contribution is -2.28. The zero-order valence-electron chi connectivity index (χ0n) is 8.59. The number of nitrogens with two attached hydrogens (primary N) is 1. The van der Waals surface area contributed by atoms with Crippen molar-refractivity contribution in [1.29, 1.82) is 0 Å². The van der Waals surface area contributed by atoms with Crippen molar-refractivity contribution >= 4 is 0 Å². The van der Waals surface area contributed by atoms with Crippen molar-refractivity contribution in [2.45, 2.75) is 32.3 Å². The van der Waals surface area contributed by atoms with Crippen LogP contribution in [0.15, 0.2) is 0 Å². The van der Waals surface area contributed by atoms with Gasteiger partial charge in [0.15, 0.2) is 0 Å². The SMILES string of the molecule is CC(CN)CNCCC1CCCO1. The Morgan fingerprint density at radius 3 is 3.08 bits per heavy atom. The largest absolute Gasteiger partial charge is 0.378 e. The molecular weight excluding hydrogens is 164 g/mol. The predicted octanol–water partition coefficient (Wildman–Crippen LogP) is 0.740. The Morgan fingerprint density at radius 1 is 1.62 bits per heavy atom. The van der Waals surface area contributed by atoms with Crippen LogP contribution in [0, 0.1) is 5.92 Å². The molecular formula is C10H22N2O. The van der Waals surface area contributed by atoms with E-state index >= 15 is 0 Å². The lowest BCUT2D eigenvalue weighted by Gasteiger charge is -2.12. The molecule has 0 radical (unpaired) electrons. The second kappa shape index (κ2) is 6.35. The van der Waals surface area contributed by atoms with Gasteiger partial charge in [-0.25, -0.2) is 0 Å². The van der Waals surface area contributed by atoms with Crippen molar-refractivity contribution in [3.8, 4) is 0 Å². The summed E-state index contributed by atoms with van der Waals surface area (Å²) in [7, 11) is 0. The van der Waals surface area contributed by atoms with E-state index in [4.69, 9.17) is 10.5 Å². The molecule has 0 aromatic heterocycles. The number of hydrogen-bond donors (Lipinski definition) is 2. The maximum atomic E-state index is 5.52. The summed E-state index contributed by atoms with van der Waals surface area (Å²) >= 11 is 0. The maximum absolute atomic E-state index is 5.52. The lowest BCUT2D eigenvalue weighted by molar-refractivity contribution is 0.104. The molecule has 2 unspecified atom stereocenters. The summed E-state index contributed by atoms with van der Waals surface area (Å²) in [5.74, 6) is 0.587. The predicted molar refractivity (Wildman–Crippen MR) is 54.7 cm³/mol. The zero-order valence-corrected chi connectivity index (χ0v) is 8.59. The minimum atomic E-state index is 0.515. The third kappa shape index (κ3) is 4.60. The summed E-state index contributed by atoms with van der Waals surface area (Å²) in [6, 6.07) is 0. The molecule has 1 rings (SSSR count). The van der Waals surface area contributed by atoms with Gasteiger partial charge in [0.05, 0.1) is 6.10 Å². The quantitative estimate of drug-likeness (QED) is 0.601. The summed E-state index contributed by atoms with van der Waals surface area (Å²) in [5, 5.41) is 3.40. The first kappa shape index (κ1) is 11.0. The van der Waals surface area contributed by atoms with Gasteiger partial charge in [-0.3, -0.25) is 0 Å². The molecule has 3 N–H and O–H groups in total. The highest BCUT2D eigenvalue weighted by Gasteiger charge is 2.14. The van der Waals surface area contributed by atoms with E-state index in [1.807, 2.05) is 0 Å². The molecule has 13 heavy (non-hydrogen) atoms. The topological polar surface area (TPSA) is 47.3 Å². The van der Waals surface area contributed by atoms with Crippen LogP contribution in [0.5, 0.6) is 0 Å². The second-order valence-corrected chi connectivity index (χ2v) is 3.97. The standard InChI is InChI=1S/C10H22N2O/c1-9(7-11)8-12-5-4-10-3-2-6-13-10/h9-10,12H,2-8,11H2,1H3. The fourth-order valence-electron chi connectivity index (χ4n) is 1.57. The Bertz CT molecular complexity index is 124. The molecule has 0 amide bonds. The molecule has 0 spiro atoms. The first-order chi connectivity index (χ1) is 6.33. The monoisotopic (exact) mass is 186 g/mol. The van der Waals surface area contributed by atoms with Crippen LogP contribution in [0.3, 0.4) is 0 Å². The summed E-state index contributed by atoms with van der Waals surface area (Å²) in [5.41, 5.74) is 5.51. The minimum absolute atomic E-state index is 0.515. The van der Waals surface area contributed by atoms with E-state index in [9.17, 15) is 0 Å². The van der Waals surface area contributed by atoms with Crippen molar-refractivity contribution in [1.82, 2.24) is 5.32 Å². The number of ether oxygens (including phenoxy) is 1. The van der Waals surface area contributed by atoms with Gasteiger partial charge in [0.2, 0.25) is 0 Å². The van der Waals surface area contributed by atoms with E-state index in [1.54, 1.807) is 0 Å². The van der Waals surface area contributed by atoms with E-state index < -0.39 is 0 Å². The molecule has 0 aromatic carbocycles. The highest BCUT2D eigenvalue weighted by Crippen LogP contribution is 2.14. The van der Waals surface area contributed by atoms with Gasteiger partial charge >= 0.3 is 0 Å². The fraction of sp³-hybridized carbons (Fsp3) is 1.00. The van der Waals surface area contributed by atoms with Crippen molar-refractivity contribution < 1.29 is 4.74 Å². The van der Waals surface area contributed by atoms with Crippen molar-refractivity contribution in [3.63, 3.8) is 0 Å². The summed E-state index contributed by atoms with van der Waals surface area (Å²) in [4.78, 5) is 0. The van der Waals surface area contributed by atoms with Gasteiger partial charge in [0.25, 0.3) is 0 Å². The van der Waals surface area contributed by atoms with Crippen LogP contribution in [0.1, 0.15) is 26.2 Å². The molecule has 0 aromatic rings. The van der Waals surface area contributed by atoms with Gasteiger partial charge in [-0.2, -0.15) is 0 Å². The average molecular weight is 186 g/mol. The number of hydrogen-bond acceptors (Lipinski definition) is 3. The molecule has 2 atom stereocenters. The smallest absolute Gasteiger partial charge is 0.0588 e. The molecule has 3 nitrogen and oxygen atoms in total. The molecule has 78 valence electrons. The van der Waals surface area contributed by atoms with Gasteiger partial charge in [-0.05, 0) is 44.8 Å². The van der Waals surface area contributed by atoms with E-state index in [0.717, 1.165) is 32.7 Å². The molecule has 0 saturated carbocycles. The van der Waals surface area contributed by atoms with Crippen LogP contribution in [-0.2, 0) is 4.74 Å². The molecule has 0 bridgehead atoms. The van der Waals surface area contributed by atoms with Crippen LogP contribution in [-0.4, -0.2) is 32.3 Å². The van der Waals surface area contributed by atoms with Gasteiger partial charge in [0, 0.05) is 6.61 Å². The first-order valence-electron chi connectivity index (χ1n) is 5.35. The molecule has 1 aliphatic heterocycles. The zero-order chi connectivity index (χ0) is 9.52. The normalized spacial score (nSPS) is 24.9. The minimum Gasteiger partial charge on any atom is -0.378 e. The maximum Gasteiger partial charge on any atom is 0.0588 e. The van der Waals surface area contributed by atoms with Gasteiger partial charge in [0.1, 0.15) is 0 Å². The van der Waals surface area contributed by atoms with Gasteiger partial charge in [-0.1, -0.05) is 6.92 Å². The number of nitrogens with one attached hydrogen (secondary N) is 1. The Labute approximate surface area is 81.0 Å². The van der Waals surface area contributed by atoms with Crippen molar-refractivity contribution in [2.24, 2.45) is 11.7 Å². The third-order valence-corrected chi connectivity index (χ3v) is 2.56. The van der Waals surface area contributed by atoms with Crippen LogP contribution < -0.4 is 11.1 Å². The highest BCUT2D eigenvalue weighted by molar-refractivity contribution is 4.66. The molecule has 1 saturated heterocycles. The van der Waals surface area contributed by atoms with E-state index in [-0.39, 0.29) is 0 Å². The third-order valence-electron chi connectivity index (χ3n) is 2.56. The average Bonchev–Trinajstić information content (AvgIpc) is 2.64. The Balaban J connectivity index is 1.88. The van der Waals surface area contributed by atoms with E-state index in [0.29, 0.717) is 12.0 Å². The molecule has 1 fully saturated rings. The van der Waals surface area contributed by atoms with E-state index in [2.05, 4.69) is 12.2 Å². The van der Waals surface area contributed by atoms with Crippen LogP contribution in [0.2, 0.25) is 0 Å². The van der Waals surface area contributed by atoms with Gasteiger partial charge < -0.3 is 15.8 Å². The number of rotatable bonds is 6. The molecule has 0 aliphatic carbocycles. The molecule has 3 heteroatoms. The lowest BCUT2D eigenvalue weighted by atomic mass is 10.1. The van der Waals surface area contributed by atoms with E-state index in [1.165, 1.54) is 12.8 Å².